The zero-order valence-electron chi connectivity index (χ0n) is 22.2. The number of nitrogens with one attached hydrogen (secondary N) is 2. The van der Waals surface area contributed by atoms with E-state index in [1.165, 1.54) is 0 Å². The van der Waals surface area contributed by atoms with E-state index < -0.39 is 11.5 Å². The fourth-order valence-corrected chi connectivity index (χ4v) is 5.55. The lowest BCUT2D eigenvalue weighted by Crippen LogP contribution is -2.56. The minimum atomic E-state index is -0.656. The molecule has 1 saturated heterocycles. The van der Waals surface area contributed by atoms with Gasteiger partial charge < -0.3 is 15.1 Å². The summed E-state index contributed by atoms with van der Waals surface area (Å²) in [7, 11) is 0. The van der Waals surface area contributed by atoms with E-state index in [1.54, 1.807) is 0 Å². The number of aryl methyl sites for hydroxylation is 2. The highest BCUT2D eigenvalue weighted by Crippen LogP contribution is 2.36. The number of fused-ring (bicyclic) bond motifs is 2. The number of nitrogens with zero attached hydrogens (tertiary/aromatic N) is 4. The average Bonchev–Trinajstić information content (AvgIpc) is 3.56. The maximum atomic E-state index is 14.0. The van der Waals surface area contributed by atoms with Gasteiger partial charge in [-0.2, -0.15) is 0 Å². The molecule has 3 aromatic rings. The van der Waals surface area contributed by atoms with Gasteiger partial charge in [-0.05, 0) is 56.5 Å². The Bertz CT molecular complexity index is 1210. The van der Waals surface area contributed by atoms with Gasteiger partial charge in [0.05, 0.1) is 17.7 Å². The Morgan fingerprint density at radius 3 is 2.63 bits per heavy atom. The minimum Gasteiger partial charge on any atom is -0.465 e. The molecule has 1 aromatic carbocycles. The molecule has 4 heterocycles. The van der Waals surface area contributed by atoms with Crippen LogP contribution in [-0.4, -0.2) is 57.4 Å². The second-order valence-electron chi connectivity index (χ2n) is 10.7. The van der Waals surface area contributed by atoms with Gasteiger partial charge in [-0.15, -0.1) is 5.10 Å². The van der Waals surface area contributed by atoms with Crippen molar-refractivity contribution < 1.29 is 14.0 Å². The largest absolute Gasteiger partial charge is 0.465 e. The molecule has 9 nitrogen and oxygen atoms in total. The van der Waals surface area contributed by atoms with Gasteiger partial charge in [0, 0.05) is 38.5 Å². The maximum Gasteiger partial charge on any atom is 0.242 e. The topological polar surface area (TPSA) is 105 Å². The summed E-state index contributed by atoms with van der Waals surface area (Å²) in [6.45, 7) is 5.59. The fourth-order valence-electron chi connectivity index (χ4n) is 5.55. The van der Waals surface area contributed by atoms with Crippen molar-refractivity contribution in [3.63, 3.8) is 0 Å². The Labute approximate surface area is 224 Å². The molecular formula is C29H38N6O3. The van der Waals surface area contributed by atoms with Crippen molar-refractivity contribution in [2.24, 2.45) is 5.41 Å². The van der Waals surface area contributed by atoms with E-state index in [0.717, 1.165) is 61.7 Å². The summed E-state index contributed by atoms with van der Waals surface area (Å²) in [4.78, 5) is 29.5. The molecule has 2 aliphatic heterocycles. The van der Waals surface area contributed by atoms with Crippen molar-refractivity contribution in [3.05, 3.63) is 71.4 Å². The van der Waals surface area contributed by atoms with E-state index in [0.29, 0.717) is 38.8 Å². The van der Waals surface area contributed by atoms with Crippen LogP contribution in [0.3, 0.4) is 0 Å². The lowest BCUT2D eigenvalue weighted by molar-refractivity contribution is -0.137. The first-order chi connectivity index (χ1) is 18.5. The molecule has 1 spiro atoms. The predicted molar refractivity (Wildman–Crippen MR) is 143 cm³/mol. The summed E-state index contributed by atoms with van der Waals surface area (Å²) in [5, 5.41) is 14.8. The molecule has 1 fully saturated rings. The molecule has 38 heavy (non-hydrogen) atoms. The molecule has 1 atom stereocenters. The Balaban J connectivity index is 1.34. The third kappa shape index (κ3) is 6.32. The van der Waals surface area contributed by atoms with Crippen LogP contribution in [0.25, 0.3) is 0 Å². The van der Waals surface area contributed by atoms with Crippen LogP contribution >= 0.6 is 0 Å². The van der Waals surface area contributed by atoms with Gasteiger partial charge in [0.1, 0.15) is 17.6 Å². The second-order valence-corrected chi connectivity index (χ2v) is 10.7. The highest BCUT2D eigenvalue weighted by atomic mass is 16.3. The van der Waals surface area contributed by atoms with Gasteiger partial charge in [0.15, 0.2) is 0 Å². The van der Waals surface area contributed by atoms with Gasteiger partial charge >= 0.3 is 0 Å². The van der Waals surface area contributed by atoms with Crippen molar-refractivity contribution in [3.8, 4) is 0 Å². The van der Waals surface area contributed by atoms with E-state index in [4.69, 9.17) is 4.42 Å². The second kappa shape index (κ2) is 11.9. The molecule has 0 unspecified atom stereocenters. The van der Waals surface area contributed by atoms with Crippen molar-refractivity contribution in [2.75, 3.05) is 19.6 Å². The monoisotopic (exact) mass is 518 g/mol. The first-order valence-corrected chi connectivity index (χ1v) is 13.8. The normalized spacial score (nSPS) is 20.7. The number of likely N-dealkylation sites (tertiary alicyclic amines) is 1. The number of amides is 2. The SMILES string of the molecule is CCCc1ccc(CN2CCC3(CC2)Cc2cn(nn2)CCCNC(=O)[C@H](Cc2ccccc2)NC3=O)o1. The molecule has 2 bridgehead atoms. The van der Waals surface area contributed by atoms with Gasteiger partial charge in [-0.25, -0.2) is 0 Å². The smallest absolute Gasteiger partial charge is 0.242 e. The van der Waals surface area contributed by atoms with Crippen LogP contribution in [0.1, 0.15) is 55.4 Å². The fraction of sp³-hybridized carbons (Fsp3) is 0.517. The van der Waals surface area contributed by atoms with Gasteiger partial charge in [0.2, 0.25) is 11.8 Å². The number of carbonyl (C=O) groups is 2. The summed E-state index contributed by atoms with van der Waals surface area (Å²) in [5.41, 5.74) is 1.18. The lowest BCUT2D eigenvalue weighted by Gasteiger charge is -2.40. The number of benzene rings is 1. The molecule has 0 radical (unpaired) electrons. The Kier molecular flexibility index (Phi) is 8.22. The molecule has 0 aliphatic carbocycles. The zero-order chi connectivity index (χ0) is 26.4. The molecular weight excluding hydrogens is 480 g/mol. The van der Waals surface area contributed by atoms with E-state index in [-0.39, 0.29) is 11.8 Å². The Morgan fingerprint density at radius 2 is 1.84 bits per heavy atom. The number of hydrogen-bond acceptors (Lipinski definition) is 6. The molecule has 9 heteroatoms. The van der Waals surface area contributed by atoms with Crippen molar-refractivity contribution in [2.45, 2.75) is 71.0 Å². The summed E-state index contributed by atoms with van der Waals surface area (Å²) < 4.78 is 7.82. The molecule has 2 aliphatic rings. The third-order valence-corrected chi connectivity index (χ3v) is 7.76. The number of aromatic nitrogens is 3. The molecule has 0 saturated carbocycles. The summed E-state index contributed by atoms with van der Waals surface area (Å²) in [5.74, 6) is 1.76. The molecule has 5 rings (SSSR count). The lowest BCUT2D eigenvalue weighted by atomic mass is 9.73. The number of piperidine rings is 1. The summed E-state index contributed by atoms with van der Waals surface area (Å²) in [6.07, 6.45) is 7.00. The van der Waals surface area contributed by atoms with Crippen LogP contribution in [-0.2, 0) is 41.9 Å². The average molecular weight is 519 g/mol. The Hall–Kier alpha value is -3.46. The third-order valence-electron chi connectivity index (χ3n) is 7.76. The molecule has 2 N–H and O–H groups in total. The number of hydrogen-bond donors (Lipinski definition) is 2. The van der Waals surface area contributed by atoms with Gasteiger partial charge in [-0.1, -0.05) is 42.5 Å². The van der Waals surface area contributed by atoms with Crippen molar-refractivity contribution >= 4 is 11.8 Å². The first-order valence-electron chi connectivity index (χ1n) is 13.8. The van der Waals surface area contributed by atoms with Crippen LogP contribution in [0.4, 0.5) is 0 Å². The van der Waals surface area contributed by atoms with Gasteiger partial charge in [0.25, 0.3) is 0 Å². The highest BCUT2D eigenvalue weighted by molar-refractivity contribution is 5.90. The van der Waals surface area contributed by atoms with Crippen LogP contribution in [0.15, 0.2) is 53.1 Å². The molecule has 2 aromatic heterocycles. The molecule has 2 amide bonds. The van der Waals surface area contributed by atoms with Crippen LogP contribution in [0, 0.1) is 5.41 Å². The maximum absolute atomic E-state index is 14.0. The summed E-state index contributed by atoms with van der Waals surface area (Å²) >= 11 is 0. The first kappa shape index (κ1) is 26.2. The quantitative estimate of drug-likeness (QED) is 0.520. The highest BCUT2D eigenvalue weighted by Gasteiger charge is 2.43. The molecule has 202 valence electrons. The van der Waals surface area contributed by atoms with E-state index in [9.17, 15) is 9.59 Å². The van der Waals surface area contributed by atoms with Crippen molar-refractivity contribution in [1.29, 1.82) is 0 Å². The van der Waals surface area contributed by atoms with E-state index in [1.807, 2.05) is 41.2 Å². The summed E-state index contributed by atoms with van der Waals surface area (Å²) in [6, 6.07) is 13.3. The predicted octanol–water partition coefficient (Wildman–Crippen LogP) is 2.90. The van der Waals surface area contributed by atoms with Crippen LogP contribution < -0.4 is 10.6 Å². The van der Waals surface area contributed by atoms with E-state index in [2.05, 4.69) is 44.9 Å². The van der Waals surface area contributed by atoms with E-state index >= 15 is 0 Å². The van der Waals surface area contributed by atoms with Crippen LogP contribution in [0.2, 0.25) is 0 Å². The Morgan fingerprint density at radius 1 is 1.05 bits per heavy atom. The minimum absolute atomic E-state index is 0.0785. The van der Waals surface area contributed by atoms with Crippen molar-refractivity contribution in [1.82, 2.24) is 30.5 Å². The number of rotatable bonds is 6. The zero-order valence-corrected chi connectivity index (χ0v) is 22.2. The number of furan rings is 1. The van der Waals surface area contributed by atoms with Crippen LogP contribution in [0.5, 0.6) is 0 Å². The standard InChI is InChI=1S/C29H38N6O3/c1-2-7-24-10-11-25(38-24)21-34-16-12-29(13-17-34)19-23-20-35(33-32-23)15-6-14-30-27(36)26(31-28(29)37)18-22-8-4-3-5-9-22/h3-5,8-11,20,26H,2,6-7,12-19,21H2,1H3,(H,30,36)(H,31,37)/t26-/m0/s1. The number of carbonyl (C=O) groups excluding carboxylic acids is 2. The van der Waals surface area contributed by atoms with Gasteiger partial charge in [-0.3, -0.25) is 19.2 Å².